The molecule has 3 aromatic rings. The predicted octanol–water partition coefficient (Wildman–Crippen LogP) is 4.11. The molecule has 1 unspecified atom stereocenters. The van der Waals surface area contributed by atoms with E-state index >= 15 is 0 Å². The molecule has 0 radical (unpaired) electrons. The van der Waals surface area contributed by atoms with Crippen molar-refractivity contribution in [3.63, 3.8) is 0 Å². The van der Waals surface area contributed by atoms with Crippen LogP contribution >= 0.6 is 23.2 Å². The monoisotopic (exact) mass is 440 g/mol. The number of hydrogen-bond acceptors (Lipinski definition) is 3. The fourth-order valence-electron chi connectivity index (χ4n) is 3.04. The van der Waals surface area contributed by atoms with Crippen molar-refractivity contribution in [2.75, 3.05) is 6.54 Å². The lowest BCUT2D eigenvalue weighted by Gasteiger charge is -2.12. The molecule has 0 amide bonds. The van der Waals surface area contributed by atoms with Gasteiger partial charge in [-0.2, -0.15) is 0 Å². The molecule has 0 fully saturated rings. The maximum absolute atomic E-state index is 12.4. The van der Waals surface area contributed by atoms with Gasteiger partial charge in [-0.15, -0.1) is 0 Å². The normalized spacial score (nSPS) is 13.0. The quantitative estimate of drug-likeness (QED) is 0.578. The minimum atomic E-state index is -3.69. The number of rotatable bonds is 7. The largest absolute Gasteiger partial charge is 0.480 e. The molecule has 1 heterocycles. The third-order valence-electron chi connectivity index (χ3n) is 4.48. The standard InChI is InChI=1S/C19H18Cl2N2O4S/c1-12(19(24)25)23-17-5-3-2-4-15(17)16(18(23)21)10-11-22-28(26,27)14-8-6-13(20)7-9-14/h2-9,12,22H,10-11H2,1H3,(H,24,25). The molecular weight excluding hydrogens is 423 g/mol. The molecule has 9 heteroatoms. The highest BCUT2D eigenvalue weighted by molar-refractivity contribution is 7.89. The van der Waals surface area contributed by atoms with E-state index in [9.17, 15) is 18.3 Å². The summed E-state index contributed by atoms with van der Waals surface area (Å²) in [4.78, 5) is 11.6. The Morgan fingerprint density at radius 1 is 1.14 bits per heavy atom. The van der Waals surface area contributed by atoms with Gasteiger partial charge in [-0.05, 0) is 49.2 Å². The number of carboxylic acid groups (broad SMARTS) is 1. The molecule has 0 aliphatic carbocycles. The van der Waals surface area contributed by atoms with E-state index < -0.39 is 22.0 Å². The number of carboxylic acids is 1. The minimum absolute atomic E-state index is 0.111. The van der Waals surface area contributed by atoms with E-state index in [-0.39, 0.29) is 11.4 Å². The highest BCUT2D eigenvalue weighted by atomic mass is 35.5. The van der Waals surface area contributed by atoms with Crippen LogP contribution in [-0.2, 0) is 21.2 Å². The van der Waals surface area contributed by atoms with Crippen molar-refractivity contribution < 1.29 is 18.3 Å². The fraction of sp³-hybridized carbons (Fsp3) is 0.211. The first-order valence-corrected chi connectivity index (χ1v) is 10.7. The van der Waals surface area contributed by atoms with Gasteiger partial charge in [-0.3, -0.25) is 0 Å². The summed E-state index contributed by atoms with van der Waals surface area (Å²) in [5.41, 5.74) is 1.39. The molecule has 0 aliphatic rings. The molecule has 0 saturated heterocycles. The van der Waals surface area contributed by atoms with Crippen LogP contribution in [0.2, 0.25) is 10.2 Å². The van der Waals surface area contributed by atoms with Crippen molar-refractivity contribution in [2.24, 2.45) is 0 Å². The van der Waals surface area contributed by atoms with Gasteiger partial charge in [0.25, 0.3) is 0 Å². The van der Waals surface area contributed by atoms with Crippen molar-refractivity contribution in [1.82, 2.24) is 9.29 Å². The van der Waals surface area contributed by atoms with Crippen LogP contribution in [0.3, 0.4) is 0 Å². The van der Waals surface area contributed by atoms with Crippen molar-refractivity contribution in [3.8, 4) is 0 Å². The Balaban J connectivity index is 1.86. The Kier molecular flexibility index (Phi) is 6.00. The first-order valence-electron chi connectivity index (χ1n) is 8.47. The minimum Gasteiger partial charge on any atom is -0.480 e. The summed E-state index contributed by atoms with van der Waals surface area (Å²) in [5, 5.41) is 10.9. The number of halogens is 2. The number of benzene rings is 2. The number of sulfonamides is 1. The highest BCUT2D eigenvalue weighted by Crippen LogP contribution is 2.33. The Bertz CT molecular complexity index is 1120. The first kappa shape index (κ1) is 20.7. The smallest absolute Gasteiger partial charge is 0.326 e. The first-order chi connectivity index (χ1) is 13.2. The molecule has 3 rings (SSSR count). The highest BCUT2D eigenvalue weighted by Gasteiger charge is 2.23. The second kappa shape index (κ2) is 8.13. The molecule has 2 aromatic carbocycles. The van der Waals surface area contributed by atoms with Crippen LogP contribution in [0.15, 0.2) is 53.4 Å². The SMILES string of the molecule is CC(C(=O)O)n1c(Cl)c(CCNS(=O)(=O)c2ccc(Cl)cc2)c2ccccc21. The van der Waals surface area contributed by atoms with Crippen molar-refractivity contribution in [1.29, 1.82) is 0 Å². The number of fused-ring (bicyclic) bond motifs is 1. The maximum atomic E-state index is 12.4. The molecule has 0 spiro atoms. The molecule has 1 atom stereocenters. The zero-order valence-electron chi connectivity index (χ0n) is 14.9. The number of aliphatic carboxylic acids is 1. The van der Waals surface area contributed by atoms with E-state index in [0.717, 1.165) is 5.39 Å². The van der Waals surface area contributed by atoms with Crippen LogP contribution in [0.4, 0.5) is 0 Å². The Labute approximate surface area is 172 Å². The van der Waals surface area contributed by atoms with E-state index in [1.165, 1.54) is 24.3 Å². The van der Waals surface area contributed by atoms with Crippen LogP contribution < -0.4 is 4.72 Å². The number of nitrogens with zero attached hydrogens (tertiary/aromatic N) is 1. The summed E-state index contributed by atoms with van der Waals surface area (Å²) in [6.07, 6.45) is 0.311. The Morgan fingerprint density at radius 3 is 2.43 bits per heavy atom. The van der Waals surface area contributed by atoms with Crippen molar-refractivity contribution >= 4 is 50.1 Å². The van der Waals surface area contributed by atoms with Crippen LogP contribution in [0.1, 0.15) is 18.5 Å². The molecular formula is C19H18Cl2N2O4S. The van der Waals surface area contributed by atoms with Gasteiger partial charge in [0.1, 0.15) is 11.2 Å². The lowest BCUT2D eigenvalue weighted by molar-refractivity contribution is -0.140. The summed E-state index contributed by atoms with van der Waals surface area (Å²) in [7, 11) is -3.69. The number of nitrogens with one attached hydrogen (secondary N) is 1. The second-order valence-corrected chi connectivity index (χ2v) is 8.83. The lowest BCUT2D eigenvalue weighted by atomic mass is 10.1. The van der Waals surface area contributed by atoms with Gasteiger partial charge in [0.15, 0.2) is 0 Å². The molecule has 2 N–H and O–H groups in total. The summed E-state index contributed by atoms with van der Waals surface area (Å²) >= 11 is 12.3. The summed E-state index contributed by atoms with van der Waals surface area (Å²) in [6, 6.07) is 12.3. The molecule has 0 bridgehead atoms. The fourth-order valence-corrected chi connectivity index (χ4v) is 4.63. The number of aromatic nitrogens is 1. The molecule has 28 heavy (non-hydrogen) atoms. The van der Waals surface area contributed by atoms with Gasteiger partial charge in [0, 0.05) is 17.0 Å². The Hall–Kier alpha value is -2.06. The average molecular weight is 441 g/mol. The molecule has 0 saturated carbocycles. The lowest BCUT2D eigenvalue weighted by Crippen LogP contribution is -2.26. The van der Waals surface area contributed by atoms with E-state index in [2.05, 4.69) is 4.72 Å². The van der Waals surface area contributed by atoms with Crippen LogP contribution in [0, 0.1) is 0 Å². The molecule has 1 aromatic heterocycles. The van der Waals surface area contributed by atoms with E-state index in [1.54, 1.807) is 23.6 Å². The van der Waals surface area contributed by atoms with Crippen LogP contribution in [-0.4, -0.2) is 30.6 Å². The van der Waals surface area contributed by atoms with Gasteiger partial charge >= 0.3 is 5.97 Å². The summed E-state index contributed by atoms with van der Waals surface area (Å²) in [6.45, 7) is 1.66. The third-order valence-corrected chi connectivity index (χ3v) is 6.62. The topological polar surface area (TPSA) is 88.4 Å². The maximum Gasteiger partial charge on any atom is 0.326 e. The second-order valence-electron chi connectivity index (χ2n) is 6.27. The van der Waals surface area contributed by atoms with Crippen molar-refractivity contribution in [3.05, 3.63) is 64.3 Å². The summed E-state index contributed by atoms with van der Waals surface area (Å²) in [5.74, 6) is -1.00. The number of carbonyl (C=O) groups is 1. The zero-order valence-corrected chi connectivity index (χ0v) is 17.2. The van der Waals surface area contributed by atoms with Gasteiger partial charge < -0.3 is 9.67 Å². The molecule has 6 nitrogen and oxygen atoms in total. The molecule has 0 aliphatic heterocycles. The van der Waals surface area contributed by atoms with E-state index in [0.29, 0.717) is 27.7 Å². The third kappa shape index (κ3) is 4.03. The van der Waals surface area contributed by atoms with Gasteiger partial charge in [0.2, 0.25) is 10.0 Å². The van der Waals surface area contributed by atoms with Gasteiger partial charge in [-0.25, -0.2) is 17.9 Å². The number of para-hydroxylation sites is 1. The van der Waals surface area contributed by atoms with Crippen LogP contribution in [0.25, 0.3) is 10.9 Å². The molecule has 148 valence electrons. The predicted molar refractivity (Wildman–Crippen MR) is 110 cm³/mol. The Morgan fingerprint density at radius 2 is 1.79 bits per heavy atom. The average Bonchev–Trinajstić information content (AvgIpc) is 2.93. The van der Waals surface area contributed by atoms with Crippen molar-refractivity contribution in [2.45, 2.75) is 24.3 Å². The summed E-state index contributed by atoms with van der Waals surface area (Å²) < 4.78 is 28.9. The zero-order chi connectivity index (χ0) is 20.5. The van der Waals surface area contributed by atoms with E-state index in [4.69, 9.17) is 23.2 Å². The van der Waals surface area contributed by atoms with Crippen LogP contribution in [0.5, 0.6) is 0 Å². The van der Waals surface area contributed by atoms with Gasteiger partial charge in [-0.1, -0.05) is 41.4 Å². The number of hydrogen-bond donors (Lipinski definition) is 2. The van der Waals surface area contributed by atoms with Gasteiger partial charge in [0.05, 0.1) is 10.4 Å². The van der Waals surface area contributed by atoms with E-state index in [1.807, 2.05) is 12.1 Å².